The fourth-order valence-electron chi connectivity index (χ4n) is 2.05. The van der Waals surface area contributed by atoms with Crippen LogP contribution in [0.3, 0.4) is 0 Å². The van der Waals surface area contributed by atoms with Gasteiger partial charge in [0.25, 0.3) is 0 Å². The Kier molecular flexibility index (Phi) is 3.43. The number of rotatable bonds is 4. The van der Waals surface area contributed by atoms with Crippen LogP contribution in [0.25, 0.3) is 16.9 Å². The smallest absolute Gasteiger partial charge is 0.156 e. The minimum Gasteiger partial charge on any atom is -0.310 e. The predicted molar refractivity (Wildman–Crippen MR) is 78.6 cm³/mol. The van der Waals surface area contributed by atoms with Gasteiger partial charge in [0, 0.05) is 18.8 Å². The van der Waals surface area contributed by atoms with E-state index in [1.165, 1.54) is 5.56 Å². The Morgan fingerprint density at radius 2 is 2.05 bits per heavy atom. The highest BCUT2D eigenvalue weighted by molar-refractivity contribution is 5.75. The molecule has 1 aromatic carbocycles. The van der Waals surface area contributed by atoms with Gasteiger partial charge in [-0.3, -0.25) is 0 Å². The van der Waals surface area contributed by atoms with Crippen LogP contribution in [-0.2, 0) is 6.54 Å². The van der Waals surface area contributed by atoms with Crippen LogP contribution in [0.5, 0.6) is 0 Å². The first-order valence-electron chi connectivity index (χ1n) is 6.73. The molecular formula is C15H17N5. The van der Waals surface area contributed by atoms with Crippen LogP contribution in [0.2, 0.25) is 0 Å². The number of aromatic nitrogens is 4. The van der Waals surface area contributed by atoms with Crippen molar-refractivity contribution in [2.24, 2.45) is 0 Å². The number of benzene rings is 1. The van der Waals surface area contributed by atoms with E-state index >= 15 is 0 Å². The third kappa shape index (κ3) is 2.53. The summed E-state index contributed by atoms with van der Waals surface area (Å²) in [5.41, 5.74) is 3.03. The molecule has 0 fully saturated rings. The number of hydrogen-bond donors (Lipinski definition) is 1. The van der Waals surface area contributed by atoms with Gasteiger partial charge in [0.15, 0.2) is 5.82 Å². The number of nitrogens with zero attached hydrogens (tertiary/aromatic N) is 4. The molecule has 0 aliphatic carbocycles. The van der Waals surface area contributed by atoms with E-state index in [9.17, 15) is 0 Å². The highest BCUT2D eigenvalue weighted by Crippen LogP contribution is 2.15. The second-order valence-corrected chi connectivity index (χ2v) is 5.05. The summed E-state index contributed by atoms with van der Waals surface area (Å²) in [4.78, 5) is 4.39. The molecule has 0 aliphatic rings. The maximum Gasteiger partial charge on any atom is 0.156 e. The summed E-state index contributed by atoms with van der Waals surface area (Å²) in [5.74, 6) is 0.793. The lowest BCUT2D eigenvalue weighted by molar-refractivity contribution is 0.588. The maximum absolute atomic E-state index is 4.39. The lowest BCUT2D eigenvalue weighted by Gasteiger charge is -2.09. The SMILES string of the molecule is CC(C)NCc1ccnc(-n2nnc3ccccc32)c1. The molecule has 0 bridgehead atoms. The fraction of sp³-hybridized carbons (Fsp3) is 0.267. The third-order valence-corrected chi connectivity index (χ3v) is 3.09. The van der Waals surface area contributed by atoms with Crippen molar-refractivity contribution in [1.29, 1.82) is 0 Å². The lowest BCUT2D eigenvalue weighted by atomic mass is 10.2. The van der Waals surface area contributed by atoms with E-state index in [2.05, 4.69) is 34.5 Å². The van der Waals surface area contributed by atoms with E-state index in [1.807, 2.05) is 42.6 Å². The van der Waals surface area contributed by atoms with E-state index in [-0.39, 0.29) is 0 Å². The van der Waals surface area contributed by atoms with Crippen LogP contribution >= 0.6 is 0 Å². The van der Waals surface area contributed by atoms with Gasteiger partial charge in [0.2, 0.25) is 0 Å². The van der Waals surface area contributed by atoms with E-state index in [0.717, 1.165) is 23.4 Å². The van der Waals surface area contributed by atoms with Crippen molar-refractivity contribution in [3.05, 3.63) is 48.2 Å². The fourth-order valence-corrected chi connectivity index (χ4v) is 2.05. The molecule has 0 saturated carbocycles. The minimum atomic E-state index is 0.457. The van der Waals surface area contributed by atoms with Gasteiger partial charge in [0.05, 0.1) is 5.52 Å². The Bertz CT molecular complexity index is 717. The van der Waals surface area contributed by atoms with Crippen LogP contribution in [0.1, 0.15) is 19.4 Å². The van der Waals surface area contributed by atoms with Crippen molar-refractivity contribution in [2.75, 3.05) is 0 Å². The van der Waals surface area contributed by atoms with Gasteiger partial charge in [-0.15, -0.1) is 5.10 Å². The topological polar surface area (TPSA) is 55.6 Å². The Labute approximate surface area is 117 Å². The average molecular weight is 267 g/mol. The molecule has 0 amide bonds. The van der Waals surface area contributed by atoms with Crippen molar-refractivity contribution < 1.29 is 0 Å². The van der Waals surface area contributed by atoms with Crippen molar-refractivity contribution >= 4 is 11.0 Å². The Morgan fingerprint density at radius 3 is 2.90 bits per heavy atom. The van der Waals surface area contributed by atoms with Gasteiger partial charge in [-0.05, 0) is 29.8 Å². The van der Waals surface area contributed by atoms with Crippen molar-refractivity contribution in [3.63, 3.8) is 0 Å². The van der Waals surface area contributed by atoms with E-state index in [1.54, 1.807) is 4.68 Å². The first kappa shape index (κ1) is 12.7. The number of para-hydroxylation sites is 1. The average Bonchev–Trinajstić information content (AvgIpc) is 2.89. The van der Waals surface area contributed by atoms with Crippen LogP contribution in [-0.4, -0.2) is 26.0 Å². The normalized spacial score (nSPS) is 11.3. The molecule has 0 spiro atoms. The quantitative estimate of drug-likeness (QED) is 0.788. The monoisotopic (exact) mass is 267 g/mol. The first-order valence-corrected chi connectivity index (χ1v) is 6.73. The Morgan fingerprint density at radius 1 is 1.20 bits per heavy atom. The summed E-state index contributed by atoms with van der Waals surface area (Å²) in [6.45, 7) is 5.08. The molecule has 5 heteroatoms. The molecule has 20 heavy (non-hydrogen) atoms. The summed E-state index contributed by atoms with van der Waals surface area (Å²) < 4.78 is 1.77. The van der Waals surface area contributed by atoms with Gasteiger partial charge >= 0.3 is 0 Å². The number of pyridine rings is 1. The summed E-state index contributed by atoms with van der Waals surface area (Å²) >= 11 is 0. The molecule has 1 N–H and O–H groups in total. The standard InChI is InChI=1S/C15H17N5/c1-11(2)17-10-12-7-8-16-15(9-12)20-14-6-4-3-5-13(14)18-19-20/h3-9,11,17H,10H2,1-2H3. The molecule has 0 atom stereocenters. The molecule has 102 valence electrons. The molecule has 2 aromatic heterocycles. The zero-order valence-electron chi connectivity index (χ0n) is 11.6. The lowest BCUT2D eigenvalue weighted by Crippen LogP contribution is -2.21. The van der Waals surface area contributed by atoms with Gasteiger partial charge in [-0.2, -0.15) is 4.68 Å². The van der Waals surface area contributed by atoms with E-state index in [4.69, 9.17) is 0 Å². The van der Waals surface area contributed by atoms with E-state index in [0.29, 0.717) is 6.04 Å². The summed E-state index contributed by atoms with van der Waals surface area (Å²) in [7, 11) is 0. The number of nitrogens with one attached hydrogen (secondary N) is 1. The largest absolute Gasteiger partial charge is 0.310 e. The maximum atomic E-state index is 4.39. The molecule has 0 aliphatic heterocycles. The summed E-state index contributed by atoms with van der Waals surface area (Å²) in [6, 6.07) is 12.4. The zero-order valence-corrected chi connectivity index (χ0v) is 11.6. The van der Waals surface area contributed by atoms with E-state index < -0.39 is 0 Å². The Balaban J connectivity index is 1.95. The molecule has 3 aromatic rings. The molecule has 0 saturated heterocycles. The highest BCUT2D eigenvalue weighted by atomic mass is 15.4. The first-order chi connectivity index (χ1) is 9.74. The Hall–Kier alpha value is -2.27. The van der Waals surface area contributed by atoms with Crippen molar-refractivity contribution in [3.8, 4) is 5.82 Å². The predicted octanol–water partition coefficient (Wildman–Crippen LogP) is 2.31. The van der Waals surface area contributed by atoms with Crippen LogP contribution in [0.4, 0.5) is 0 Å². The van der Waals surface area contributed by atoms with Crippen LogP contribution in [0, 0.1) is 0 Å². The van der Waals surface area contributed by atoms with Crippen molar-refractivity contribution in [2.45, 2.75) is 26.4 Å². The highest BCUT2D eigenvalue weighted by Gasteiger charge is 2.07. The zero-order chi connectivity index (χ0) is 13.9. The second kappa shape index (κ2) is 5.38. The molecule has 3 rings (SSSR count). The summed E-state index contributed by atoms with van der Waals surface area (Å²) in [6.07, 6.45) is 1.81. The third-order valence-electron chi connectivity index (χ3n) is 3.09. The van der Waals surface area contributed by atoms with Gasteiger partial charge in [0.1, 0.15) is 5.52 Å². The van der Waals surface area contributed by atoms with Crippen LogP contribution in [0.15, 0.2) is 42.6 Å². The number of hydrogen-bond acceptors (Lipinski definition) is 4. The van der Waals surface area contributed by atoms with Gasteiger partial charge in [-0.1, -0.05) is 31.2 Å². The second-order valence-electron chi connectivity index (χ2n) is 5.05. The van der Waals surface area contributed by atoms with Gasteiger partial charge < -0.3 is 5.32 Å². The van der Waals surface area contributed by atoms with Crippen LogP contribution < -0.4 is 5.32 Å². The summed E-state index contributed by atoms with van der Waals surface area (Å²) in [5, 5.41) is 11.7. The molecule has 5 nitrogen and oxygen atoms in total. The van der Waals surface area contributed by atoms with Crippen molar-refractivity contribution in [1.82, 2.24) is 25.3 Å². The molecule has 2 heterocycles. The minimum absolute atomic E-state index is 0.457. The molecule has 0 radical (unpaired) electrons. The molecule has 0 unspecified atom stereocenters. The number of fused-ring (bicyclic) bond motifs is 1. The van der Waals surface area contributed by atoms with Gasteiger partial charge in [-0.25, -0.2) is 4.98 Å². The molecular weight excluding hydrogens is 250 g/mol.